The average Bonchev–Trinajstić information content (AvgIpc) is 2.73. The van der Waals surface area contributed by atoms with Gasteiger partial charge in [-0.1, -0.05) is 18.2 Å². The fourth-order valence-electron chi connectivity index (χ4n) is 1.40. The molecule has 0 unspecified atom stereocenters. The zero-order chi connectivity index (χ0) is 12.5. The molecule has 0 aliphatic carbocycles. The monoisotopic (exact) mass is 242 g/mol. The molecule has 0 fully saturated rings. The number of hydrogen-bond donors (Lipinski definition) is 0. The summed E-state index contributed by atoms with van der Waals surface area (Å²) in [5.74, 6) is 0.0449. The number of alkyl halides is 3. The third-order valence-corrected chi connectivity index (χ3v) is 2.18. The van der Waals surface area contributed by atoms with Gasteiger partial charge in [-0.2, -0.15) is 18.3 Å². The van der Waals surface area contributed by atoms with Gasteiger partial charge in [0, 0.05) is 6.07 Å². The van der Waals surface area contributed by atoms with Crippen LogP contribution in [0.1, 0.15) is 5.69 Å². The Bertz CT molecular complexity index is 505. The lowest BCUT2D eigenvalue weighted by atomic mass is 10.3. The Balaban J connectivity index is 2.51. The van der Waals surface area contributed by atoms with Gasteiger partial charge in [0.2, 0.25) is 5.88 Å². The van der Waals surface area contributed by atoms with Crippen molar-refractivity contribution >= 4 is 0 Å². The van der Waals surface area contributed by atoms with Crippen molar-refractivity contribution in [1.29, 1.82) is 0 Å². The summed E-state index contributed by atoms with van der Waals surface area (Å²) < 4.78 is 43.5. The summed E-state index contributed by atoms with van der Waals surface area (Å²) in [6.07, 6.45) is -4.48. The normalized spacial score (nSPS) is 11.5. The van der Waals surface area contributed by atoms with E-state index in [9.17, 15) is 13.2 Å². The molecule has 0 radical (unpaired) electrons. The van der Waals surface area contributed by atoms with E-state index in [-0.39, 0.29) is 5.88 Å². The summed E-state index contributed by atoms with van der Waals surface area (Å²) in [6.45, 7) is 0. The zero-order valence-corrected chi connectivity index (χ0v) is 8.90. The number of hydrogen-bond acceptors (Lipinski definition) is 2. The molecule has 0 spiro atoms. The first kappa shape index (κ1) is 11.5. The van der Waals surface area contributed by atoms with Crippen LogP contribution in [0, 0.1) is 0 Å². The van der Waals surface area contributed by atoms with Crippen molar-refractivity contribution in [1.82, 2.24) is 9.78 Å². The van der Waals surface area contributed by atoms with E-state index in [2.05, 4.69) is 5.10 Å². The van der Waals surface area contributed by atoms with Crippen LogP contribution < -0.4 is 4.74 Å². The van der Waals surface area contributed by atoms with Gasteiger partial charge >= 0.3 is 6.18 Å². The highest BCUT2D eigenvalue weighted by molar-refractivity contribution is 5.36. The van der Waals surface area contributed by atoms with E-state index >= 15 is 0 Å². The molecule has 0 saturated heterocycles. The number of rotatable bonds is 2. The van der Waals surface area contributed by atoms with Crippen LogP contribution in [0.25, 0.3) is 5.69 Å². The topological polar surface area (TPSA) is 27.1 Å². The summed E-state index contributed by atoms with van der Waals surface area (Å²) in [7, 11) is 1.30. The second-order valence-electron chi connectivity index (χ2n) is 3.32. The quantitative estimate of drug-likeness (QED) is 0.809. The zero-order valence-electron chi connectivity index (χ0n) is 8.90. The minimum absolute atomic E-state index is 0.0449. The van der Waals surface area contributed by atoms with Crippen LogP contribution in [-0.4, -0.2) is 16.9 Å². The molecule has 2 rings (SSSR count). The van der Waals surface area contributed by atoms with E-state index < -0.39 is 11.9 Å². The van der Waals surface area contributed by atoms with Crippen LogP contribution in [0.5, 0.6) is 5.88 Å². The average molecular weight is 242 g/mol. The largest absolute Gasteiger partial charge is 0.481 e. The molecule has 90 valence electrons. The van der Waals surface area contributed by atoms with Gasteiger partial charge in [0.15, 0.2) is 5.69 Å². The molecule has 0 bridgehead atoms. The van der Waals surface area contributed by atoms with Gasteiger partial charge in [-0.25, -0.2) is 4.68 Å². The minimum Gasteiger partial charge on any atom is -0.481 e. The number of nitrogens with zero attached hydrogens (tertiary/aromatic N) is 2. The molecule has 0 aliphatic heterocycles. The Labute approximate surface area is 95.4 Å². The number of methoxy groups -OCH3 is 1. The van der Waals surface area contributed by atoms with E-state index in [1.165, 1.54) is 7.11 Å². The van der Waals surface area contributed by atoms with Crippen molar-refractivity contribution < 1.29 is 17.9 Å². The predicted octanol–water partition coefficient (Wildman–Crippen LogP) is 2.90. The first-order valence-electron chi connectivity index (χ1n) is 4.79. The van der Waals surface area contributed by atoms with Gasteiger partial charge in [-0.3, -0.25) is 0 Å². The van der Waals surface area contributed by atoms with Crippen LogP contribution in [0.3, 0.4) is 0 Å². The molecule has 3 nitrogen and oxygen atoms in total. The van der Waals surface area contributed by atoms with Gasteiger partial charge in [0.1, 0.15) is 0 Å². The van der Waals surface area contributed by atoms with Crippen molar-refractivity contribution in [2.75, 3.05) is 7.11 Å². The molecule has 0 aliphatic rings. The Kier molecular flexibility index (Phi) is 2.79. The predicted molar refractivity (Wildman–Crippen MR) is 55.1 cm³/mol. The van der Waals surface area contributed by atoms with Crippen molar-refractivity contribution in [2.45, 2.75) is 6.18 Å². The van der Waals surface area contributed by atoms with E-state index in [0.717, 1.165) is 10.7 Å². The molecule has 1 heterocycles. The van der Waals surface area contributed by atoms with Crippen LogP contribution in [-0.2, 0) is 6.18 Å². The molecule has 6 heteroatoms. The first-order chi connectivity index (χ1) is 8.02. The Hall–Kier alpha value is -1.98. The van der Waals surface area contributed by atoms with Gasteiger partial charge in [-0.05, 0) is 12.1 Å². The minimum atomic E-state index is -4.48. The van der Waals surface area contributed by atoms with Crippen LogP contribution in [0.2, 0.25) is 0 Å². The summed E-state index contributed by atoms with van der Waals surface area (Å²) >= 11 is 0. The number of para-hydroxylation sites is 1. The Morgan fingerprint density at radius 3 is 2.35 bits per heavy atom. The molecule has 1 aromatic carbocycles. The molecular weight excluding hydrogens is 233 g/mol. The maximum absolute atomic E-state index is 12.5. The lowest BCUT2D eigenvalue weighted by Crippen LogP contribution is -2.07. The first-order valence-corrected chi connectivity index (χ1v) is 4.79. The highest BCUT2D eigenvalue weighted by Crippen LogP contribution is 2.31. The molecule has 2 aromatic rings. The molecule has 0 atom stereocenters. The maximum atomic E-state index is 12.5. The third-order valence-electron chi connectivity index (χ3n) is 2.18. The van der Waals surface area contributed by atoms with Gasteiger partial charge < -0.3 is 4.74 Å². The van der Waals surface area contributed by atoms with E-state index in [1.807, 2.05) is 0 Å². The lowest BCUT2D eigenvalue weighted by molar-refractivity contribution is -0.141. The van der Waals surface area contributed by atoms with Crippen molar-refractivity contribution in [2.24, 2.45) is 0 Å². The molecular formula is C11H9F3N2O. The Morgan fingerprint density at radius 1 is 1.18 bits per heavy atom. The van der Waals surface area contributed by atoms with Crippen molar-refractivity contribution in [3.8, 4) is 11.6 Å². The summed E-state index contributed by atoms with van der Waals surface area (Å²) in [5.41, 5.74) is -0.460. The van der Waals surface area contributed by atoms with E-state index in [4.69, 9.17) is 4.74 Å². The lowest BCUT2D eigenvalue weighted by Gasteiger charge is -2.05. The Morgan fingerprint density at radius 2 is 1.82 bits per heavy atom. The molecule has 1 aromatic heterocycles. The SMILES string of the molecule is COc1cc(C(F)(F)F)nn1-c1ccccc1. The summed E-state index contributed by atoms with van der Waals surface area (Å²) in [4.78, 5) is 0. The molecule has 17 heavy (non-hydrogen) atoms. The van der Waals surface area contributed by atoms with Crippen LogP contribution >= 0.6 is 0 Å². The van der Waals surface area contributed by atoms with E-state index in [0.29, 0.717) is 5.69 Å². The van der Waals surface area contributed by atoms with Gasteiger partial charge in [-0.15, -0.1) is 0 Å². The standard InChI is InChI=1S/C11H9F3N2O/c1-17-10-7-9(11(12,13)14)15-16(10)8-5-3-2-4-6-8/h2-7H,1H3. The van der Waals surface area contributed by atoms with Crippen LogP contribution in [0.15, 0.2) is 36.4 Å². The fraction of sp³-hybridized carbons (Fsp3) is 0.182. The highest BCUT2D eigenvalue weighted by atomic mass is 19.4. The van der Waals surface area contributed by atoms with E-state index in [1.54, 1.807) is 30.3 Å². The number of aromatic nitrogens is 2. The fourth-order valence-corrected chi connectivity index (χ4v) is 1.40. The highest BCUT2D eigenvalue weighted by Gasteiger charge is 2.35. The van der Waals surface area contributed by atoms with Crippen molar-refractivity contribution in [3.63, 3.8) is 0 Å². The maximum Gasteiger partial charge on any atom is 0.435 e. The third kappa shape index (κ3) is 2.25. The smallest absolute Gasteiger partial charge is 0.435 e. The van der Waals surface area contributed by atoms with Gasteiger partial charge in [0.25, 0.3) is 0 Å². The number of halogens is 3. The number of ether oxygens (including phenoxy) is 1. The molecule has 0 N–H and O–H groups in total. The number of benzene rings is 1. The van der Waals surface area contributed by atoms with Gasteiger partial charge in [0.05, 0.1) is 12.8 Å². The summed E-state index contributed by atoms with van der Waals surface area (Å²) in [5, 5.41) is 3.49. The second kappa shape index (κ2) is 4.12. The van der Waals surface area contributed by atoms with Crippen molar-refractivity contribution in [3.05, 3.63) is 42.1 Å². The molecule has 0 saturated carbocycles. The van der Waals surface area contributed by atoms with Crippen LogP contribution in [0.4, 0.5) is 13.2 Å². The molecule has 0 amide bonds. The second-order valence-corrected chi connectivity index (χ2v) is 3.32. The summed E-state index contributed by atoms with van der Waals surface area (Å²) in [6, 6.07) is 9.36.